The number of nitrogens with one attached hydrogen (secondary N) is 1. The lowest BCUT2D eigenvalue weighted by Gasteiger charge is -2.35. The molecule has 1 atom stereocenters. The van der Waals surface area contributed by atoms with Crippen molar-refractivity contribution in [3.63, 3.8) is 0 Å². The molecule has 0 spiro atoms. The van der Waals surface area contributed by atoms with Gasteiger partial charge in [-0.05, 0) is 80.8 Å². The number of benzene rings is 4. The third-order valence-corrected chi connectivity index (χ3v) is 8.88. The smallest absolute Gasteiger partial charge is 0.264 e. The summed E-state index contributed by atoms with van der Waals surface area (Å²) in [5.41, 5.74) is 2.29. The lowest BCUT2D eigenvalue weighted by Crippen LogP contribution is -2.56. The standard InChI is InChI=1S/C35H38FN3O4S/c1-26-13-11-12-16-28(26)24-38(32(34(41)37-35(2,3)4)23-27-14-7-5-8-15-27)33(40)25-39(30-17-9-6-10-18-30)44(42,43)31-21-19-29(36)20-22-31/h5-22,32H,23-25H2,1-4H3,(H,37,41)/t32-/m0/s1. The van der Waals surface area contributed by atoms with Crippen LogP contribution in [0.2, 0.25) is 0 Å². The molecule has 4 aromatic carbocycles. The van der Waals surface area contributed by atoms with Crippen LogP contribution < -0.4 is 9.62 Å². The molecule has 44 heavy (non-hydrogen) atoms. The number of halogens is 1. The molecule has 0 unspecified atom stereocenters. The van der Waals surface area contributed by atoms with Gasteiger partial charge in [-0.1, -0.05) is 72.8 Å². The summed E-state index contributed by atoms with van der Waals surface area (Å²) in [6.45, 7) is 7.03. The van der Waals surface area contributed by atoms with Crippen LogP contribution in [0.5, 0.6) is 0 Å². The molecule has 0 aliphatic rings. The molecule has 7 nitrogen and oxygen atoms in total. The Bertz CT molecular complexity index is 1670. The van der Waals surface area contributed by atoms with E-state index in [-0.39, 0.29) is 29.5 Å². The van der Waals surface area contributed by atoms with Crippen molar-refractivity contribution < 1.29 is 22.4 Å². The molecular weight excluding hydrogens is 577 g/mol. The summed E-state index contributed by atoms with van der Waals surface area (Å²) in [6, 6.07) is 28.8. The molecule has 0 aromatic heterocycles. The first-order valence-electron chi connectivity index (χ1n) is 14.4. The first-order chi connectivity index (χ1) is 20.8. The van der Waals surface area contributed by atoms with Crippen LogP contribution >= 0.6 is 0 Å². The summed E-state index contributed by atoms with van der Waals surface area (Å²) in [7, 11) is -4.30. The zero-order chi connectivity index (χ0) is 31.9. The molecule has 230 valence electrons. The molecule has 9 heteroatoms. The Labute approximate surface area is 259 Å². The fourth-order valence-corrected chi connectivity index (χ4v) is 6.25. The highest BCUT2D eigenvalue weighted by atomic mass is 32.2. The maximum Gasteiger partial charge on any atom is 0.264 e. The number of amides is 2. The summed E-state index contributed by atoms with van der Waals surface area (Å²) in [5, 5.41) is 3.02. The molecule has 0 heterocycles. The summed E-state index contributed by atoms with van der Waals surface area (Å²) >= 11 is 0. The van der Waals surface area contributed by atoms with E-state index < -0.39 is 39.9 Å². The maximum absolute atomic E-state index is 14.5. The summed E-state index contributed by atoms with van der Waals surface area (Å²) < 4.78 is 42.6. The maximum atomic E-state index is 14.5. The Kier molecular flexibility index (Phi) is 10.2. The molecule has 0 aliphatic heterocycles. The SMILES string of the molecule is Cc1ccccc1CN(C(=O)CN(c1ccccc1)S(=O)(=O)c1ccc(F)cc1)[C@@H](Cc1ccccc1)C(=O)NC(C)(C)C. The Hall–Kier alpha value is -4.50. The number of carbonyl (C=O) groups excluding carboxylic acids is 2. The molecule has 0 bridgehead atoms. The van der Waals surface area contributed by atoms with Crippen LogP contribution in [0.4, 0.5) is 10.1 Å². The van der Waals surface area contributed by atoms with E-state index in [9.17, 15) is 22.4 Å². The number of anilines is 1. The van der Waals surface area contributed by atoms with Crippen molar-refractivity contribution in [3.05, 3.63) is 132 Å². The Balaban J connectivity index is 1.81. The second-order valence-electron chi connectivity index (χ2n) is 11.7. The van der Waals surface area contributed by atoms with Crippen LogP contribution in [-0.4, -0.2) is 43.3 Å². The average molecular weight is 616 g/mol. The zero-order valence-corrected chi connectivity index (χ0v) is 26.2. The number of carbonyl (C=O) groups is 2. The lowest BCUT2D eigenvalue weighted by atomic mass is 10.00. The third kappa shape index (κ3) is 8.32. The number of nitrogens with zero attached hydrogens (tertiary/aromatic N) is 2. The number of para-hydroxylation sites is 1. The molecular formula is C35H38FN3O4S. The van der Waals surface area contributed by atoms with Crippen molar-refractivity contribution >= 4 is 27.5 Å². The highest BCUT2D eigenvalue weighted by Gasteiger charge is 2.35. The minimum atomic E-state index is -4.30. The zero-order valence-electron chi connectivity index (χ0n) is 25.4. The highest BCUT2D eigenvalue weighted by molar-refractivity contribution is 7.92. The quantitative estimate of drug-likeness (QED) is 0.228. The van der Waals surface area contributed by atoms with Gasteiger partial charge >= 0.3 is 0 Å². The fourth-order valence-electron chi connectivity index (χ4n) is 4.83. The minimum absolute atomic E-state index is 0.0831. The third-order valence-electron chi connectivity index (χ3n) is 7.10. The topological polar surface area (TPSA) is 86.8 Å². The van der Waals surface area contributed by atoms with Gasteiger partial charge in [-0.25, -0.2) is 12.8 Å². The van der Waals surface area contributed by atoms with Gasteiger partial charge in [0, 0.05) is 18.5 Å². The highest BCUT2D eigenvalue weighted by Crippen LogP contribution is 2.25. The number of rotatable bonds is 11. The van der Waals surface area contributed by atoms with Crippen LogP contribution in [0.3, 0.4) is 0 Å². The van der Waals surface area contributed by atoms with Crippen molar-refractivity contribution in [2.45, 2.75) is 57.1 Å². The van der Waals surface area contributed by atoms with E-state index in [0.29, 0.717) is 0 Å². The van der Waals surface area contributed by atoms with Gasteiger partial charge < -0.3 is 10.2 Å². The summed E-state index contributed by atoms with van der Waals surface area (Å²) in [5.74, 6) is -1.49. The normalized spacial score (nSPS) is 12.3. The molecule has 0 aliphatic carbocycles. The van der Waals surface area contributed by atoms with E-state index >= 15 is 0 Å². The molecule has 2 amide bonds. The van der Waals surface area contributed by atoms with Crippen LogP contribution in [0, 0.1) is 12.7 Å². The van der Waals surface area contributed by atoms with Gasteiger partial charge in [-0.15, -0.1) is 0 Å². The predicted octanol–water partition coefficient (Wildman–Crippen LogP) is 5.88. The van der Waals surface area contributed by atoms with Crippen LogP contribution in [0.25, 0.3) is 0 Å². The van der Waals surface area contributed by atoms with Crippen molar-refractivity contribution in [1.29, 1.82) is 0 Å². The number of sulfonamides is 1. The van der Waals surface area contributed by atoms with E-state index in [1.165, 1.54) is 17.0 Å². The van der Waals surface area contributed by atoms with E-state index in [0.717, 1.165) is 33.1 Å². The molecule has 0 saturated heterocycles. The predicted molar refractivity (Wildman–Crippen MR) is 171 cm³/mol. The van der Waals surface area contributed by atoms with Crippen molar-refractivity contribution in [2.75, 3.05) is 10.8 Å². The van der Waals surface area contributed by atoms with Gasteiger partial charge in [0.2, 0.25) is 11.8 Å². The molecule has 4 aromatic rings. The van der Waals surface area contributed by atoms with Gasteiger partial charge in [0.1, 0.15) is 18.4 Å². The average Bonchev–Trinajstić information content (AvgIpc) is 2.98. The Morgan fingerprint density at radius 1 is 0.818 bits per heavy atom. The van der Waals surface area contributed by atoms with Gasteiger partial charge in [-0.3, -0.25) is 13.9 Å². The van der Waals surface area contributed by atoms with Gasteiger partial charge in [-0.2, -0.15) is 0 Å². The number of hydrogen-bond donors (Lipinski definition) is 1. The van der Waals surface area contributed by atoms with E-state index in [4.69, 9.17) is 0 Å². The summed E-state index contributed by atoms with van der Waals surface area (Å²) in [6.07, 6.45) is 0.219. The van der Waals surface area contributed by atoms with E-state index in [1.807, 2.05) is 82.3 Å². The van der Waals surface area contributed by atoms with Crippen LogP contribution in [0.1, 0.15) is 37.5 Å². The Morgan fingerprint density at radius 2 is 1.39 bits per heavy atom. The largest absolute Gasteiger partial charge is 0.350 e. The molecule has 1 N–H and O–H groups in total. The van der Waals surface area contributed by atoms with Gasteiger partial charge in [0.05, 0.1) is 10.6 Å². The van der Waals surface area contributed by atoms with Crippen molar-refractivity contribution in [3.8, 4) is 0 Å². The van der Waals surface area contributed by atoms with Crippen LogP contribution in [-0.2, 0) is 32.6 Å². The number of aryl methyl sites for hydroxylation is 1. The minimum Gasteiger partial charge on any atom is -0.350 e. The Morgan fingerprint density at radius 3 is 1.98 bits per heavy atom. The van der Waals surface area contributed by atoms with E-state index in [2.05, 4.69) is 5.32 Å². The first kappa shape index (κ1) is 32.4. The molecule has 0 radical (unpaired) electrons. The molecule has 0 fully saturated rings. The lowest BCUT2D eigenvalue weighted by molar-refractivity contribution is -0.140. The summed E-state index contributed by atoms with van der Waals surface area (Å²) in [4.78, 5) is 29.7. The van der Waals surface area contributed by atoms with Gasteiger partial charge in [0.25, 0.3) is 10.0 Å². The molecule has 0 saturated carbocycles. The van der Waals surface area contributed by atoms with Gasteiger partial charge in [0.15, 0.2) is 0 Å². The van der Waals surface area contributed by atoms with Crippen molar-refractivity contribution in [2.24, 2.45) is 0 Å². The number of hydrogen-bond acceptors (Lipinski definition) is 4. The first-order valence-corrected chi connectivity index (χ1v) is 15.8. The van der Waals surface area contributed by atoms with Crippen LogP contribution in [0.15, 0.2) is 114 Å². The van der Waals surface area contributed by atoms with Crippen molar-refractivity contribution in [1.82, 2.24) is 10.2 Å². The second-order valence-corrected chi connectivity index (χ2v) is 13.6. The second kappa shape index (κ2) is 13.9. The fraction of sp³-hybridized carbons (Fsp3) is 0.257. The van der Waals surface area contributed by atoms with E-state index in [1.54, 1.807) is 30.3 Å². The molecule has 4 rings (SSSR count). The monoisotopic (exact) mass is 615 g/mol.